The van der Waals surface area contributed by atoms with E-state index in [0.29, 0.717) is 17.9 Å². The molecule has 96 valence electrons. The van der Waals surface area contributed by atoms with E-state index in [1.165, 1.54) is 19.3 Å². The lowest BCUT2D eigenvalue weighted by Crippen LogP contribution is -2.41. The van der Waals surface area contributed by atoms with Crippen molar-refractivity contribution >= 4 is 27.3 Å². The molecule has 1 heterocycles. The van der Waals surface area contributed by atoms with Crippen LogP contribution in [0.5, 0.6) is 0 Å². The number of rotatable bonds is 4. The molecule has 0 spiro atoms. The van der Waals surface area contributed by atoms with Crippen molar-refractivity contribution in [2.45, 2.75) is 50.2 Å². The second-order valence-corrected chi connectivity index (χ2v) is 7.78. The summed E-state index contributed by atoms with van der Waals surface area (Å²) < 4.78 is 7.07. The van der Waals surface area contributed by atoms with Gasteiger partial charge in [0.1, 0.15) is 5.54 Å². The van der Waals surface area contributed by atoms with Crippen molar-refractivity contribution < 1.29 is 9.90 Å². The van der Waals surface area contributed by atoms with Crippen molar-refractivity contribution in [1.82, 2.24) is 3.11 Å². The Morgan fingerprint density at radius 1 is 1.65 bits per heavy atom. The highest BCUT2D eigenvalue weighted by Gasteiger charge is 2.62. The van der Waals surface area contributed by atoms with Crippen LogP contribution in [0.3, 0.4) is 0 Å². The fourth-order valence-electron chi connectivity index (χ4n) is 2.74. The van der Waals surface area contributed by atoms with Gasteiger partial charge in [0.2, 0.25) is 0 Å². The fraction of sp³-hybridized carbons (Fsp3) is 0.909. The smallest absolute Gasteiger partial charge is 0.325 e. The van der Waals surface area contributed by atoms with Crippen LogP contribution in [0.15, 0.2) is 3.15 Å². The molecule has 0 amide bonds. The van der Waals surface area contributed by atoms with Gasteiger partial charge in [-0.15, -0.1) is 0 Å². The molecule has 1 aliphatic heterocycles. The maximum atomic E-state index is 11.0. The van der Waals surface area contributed by atoms with Gasteiger partial charge in [0, 0.05) is 6.54 Å². The summed E-state index contributed by atoms with van der Waals surface area (Å²) in [5.74, 6) is -0.855. The standard InChI is InChI=1S/C11H18IN3O2/c1-2-10(3-4-10)7-6-15(12-14-7)8-5-11(8,13)9(16)17/h7-8H,2-6,13H2,1H3,(H,16,17). The zero-order valence-corrected chi connectivity index (χ0v) is 12.1. The lowest BCUT2D eigenvalue weighted by molar-refractivity contribution is -0.140. The number of carboxylic acids is 1. The maximum absolute atomic E-state index is 11.0. The van der Waals surface area contributed by atoms with Crippen LogP contribution in [0, 0.1) is 5.41 Å². The first-order chi connectivity index (χ1) is 8.02. The van der Waals surface area contributed by atoms with Gasteiger partial charge in [-0.3, -0.25) is 4.79 Å². The molecule has 3 aliphatic rings. The highest BCUT2D eigenvalue weighted by Crippen LogP contribution is 2.56. The average molecular weight is 351 g/mol. The first kappa shape index (κ1) is 12.0. The van der Waals surface area contributed by atoms with E-state index in [1.807, 2.05) is 0 Å². The predicted molar refractivity (Wildman–Crippen MR) is 71.9 cm³/mol. The van der Waals surface area contributed by atoms with Crippen molar-refractivity contribution in [2.24, 2.45) is 14.3 Å². The lowest BCUT2D eigenvalue weighted by atomic mass is 9.94. The molecule has 0 saturated heterocycles. The Bertz CT molecular complexity index is 396. The molecule has 0 aromatic rings. The minimum atomic E-state index is -0.979. The molecule has 5 nitrogen and oxygen atoms in total. The third kappa shape index (κ3) is 1.76. The van der Waals surface area contributed by atoms with E-state index in [9.17, 15) is 4.79 Å². The van der Waals surface area contributed by atoms with E-state index in [1.54, 1.807) is 0 Å². The fourth-order valence-corrected chi connectivity index (χ4v) is 5.67. The molecular weight excluding hydrogens is 333 g/mol. The number of nitrogens with zero attached hydrogens (tertiary/aromatic N) is 2. The Labute approximate surface area is 111 Å². The van der Waals surface area contributed by atoms with E-state index in [-0.39, 0.29) is 27.3 Å². The zero-order valence-electron chi connectivity index (χ0n) is 9.90. The quantitative estimate of drug-likeness (QED) is 0.594. The molecular formula is C11H18IN3O2. The van der Waals surface area contributed by atoms with E-state index in [0.717, 1.165) is 6.54 Å². The van der Waals surface area contributed by atoms with Crippen LogP contribution in [0.25, 0.3) is 0 Å². The van der Waals surface area contributed by atoms with Crippen LogP contribution in [0.1, 0.15) is 32.6 Å². The zero-order chi connectivity index (χ0) is 12.3. The molecule has 3 rings (SSSR count). The summed E-state index contributed by atoms with van der Waals surface area (Å²) in [5.41, 5.74) is 5.33. The van der Waals surface area contributed by atoms with Gasteiger partial charge >= 0.3 is 5.97 Å². The van der Waals surface area contributed by atoms with Gasteiger partial charge in [0.25, 0.3) is 0 Å². The number of hydrogen-bond acceptors (Lipinski definition) is 4. The minimum absolute atomic E-state index is 0.0502. The third-order valence-corrected chi connectivity index (χ3v) is 7.15. The molecule has 0 radical (unpaired) electrons. The molecule has 0 bridgehead atoms. The molecule has 6 heteroatoms. The maximum Gasteiger partial charge on any atom is 0.325 e. The molecule has 3 unspecified atom stereocenters. The highest BCUT2D eigenvalue weighted by molar-refractivity contribution is 14.1. The minimum Gasteiger partial charge on any atom is -0.480 e. The lowest BCUT2D eigenvalue weighted by Gasteiger charge is -2.20. The summed E-state index contributed by atoms with van der Waals surface area (Å²) in [6.07, 6.45) is 4.40. The van der Waals surface area contributed by atoms with E-state index in [4.69, 9.17) is 14.0 Å². The number of carboxylic acid groups (broad SMARTS) is 1. The predicted octanol–water partition coefficient (Wildman–Crippen LogP) is 1.48. The number of aliphatic carboxylic acids is 1. The molecule has 3 atom stereocenters. The van der Waals surface area contributed by atoms with Gasteiger partial charge in [-0.05, 0) is 31.1 Å². The van der Waals surface area contributed by atoms with Crippen LogP contribution >= 0.6 is 21.3 Å². The van der Waals surface area contributed by atoms with Gasteiger partial charge in [-0.1, -0.05) is 6.92 Å². The highest BCUT2D eigenvalue weighted by atomic mass is 127. The summed E-state index contributed by atoms with van der Waals surface area (Å²) in [6.45, 7) is 3.20. The summed E-state index contributed by atoms with van der Waals surface area (Å²) in [5, 5.41) is 9.06. The Kier molecular flexibility index (Phi) is 2.61. The molecule has 3 N–H and O–H groups in total. The average Bonchev–Trinajstić information content (AvgIpc) is 3.18. The Balaban J connectivity index is 1.64. The van der Waals surface area contributed by atoms with Crippen LogP contribution in [-0.2, 0) is 4.79 Å². The van der Waals surface area contributed by atoms with Crippen LogP contribution < -0.4 is 5.73 Å². The largest absolute Gasteiger partial charge is 0.480 e. The first-order valence-corrected chi connectivity index (χ1v) is 8.08. The molecule has 0 aromatic heterocycles. The van der Waals surface area contributed by atoms with E-state index in [2.05, 4.69) is 10.0 Å². The van der Waals surface area contributed by atoms with E-state index >= 15 is 0 Å². The topological polar surface area (TPSA) is 78.9 Å². The summed E-state index contributed by atoms with van der Waals surface area (Å²) >= 11 is -0.344. The van der Waals surface area contributed by atoms with Gasteiger partial charge in [0.15, 0.2) is 0 Å². The summed E-state index contributed by atoms with van der Waals surface area (Å²) in [4.78, 5) is 11.0. The van der Waals surface area contributed by atoms with Crippen molar-refractivity contribution in [3.05, 3.63) is 0 Å². The van der Waals surface area contributed by atoms with Gasteiger partial charge in [-0.2, -0.15) is 0 Å². The second kappa shape index (κ2) is 3.71. The van der Waals surface area contributed by atoms with Crippen LogP contribution in [-0.4, -0.2) is 38.4 Å². The number of carbonyl (C=O) groups is 1. The third-order valence-electron chi connectivity index (χ3n) is 4.61. The Morgan fingerprint density at radius 2 is 2.35 bits per heavy atom. The number of halogens is 1. The molecule has 2 saturated carbocycles. The second-order valence-electron chi connectivity index (χ2n) is 5.55. The SMILES string of the molecule is CCC1(C2CN(C3CC3(N)C(=O)O)I=N2)CC1. The first-order valence-electron chi connectivity index (χ1n) is 6.15. The van der Waals surface area contributed by atoms with Gasteiger partial charge in [-0.25, -0.2) is 6.26 Å². The van der Waals surface area contributed by atoms with Crippen molar-refractivity contribution in [3.8, 4) is 0 Å². The van der Waals surface area contributed by atoms with Gasteiger partial charge < -0.3 is 10.8 Å². The van der Waals surface area contributed by atoms with Crippen molar-refractivity contribution in [1.29, 1.82) is 0 Å². The normalized spacial score (nSPS) is 43.2. The number of hydrogen-bond donors (Lipinski definition) is 2. The number of nitrogens with two attached hydrogens (primary N) is 1. The van der Waals surface area contributed by atoms with Gasteiger partial charge in [0.05, 0.1) is 33.4 Å². The molecule has 0 aromatic carbocycles. The van der Waals surface area contributed by atoms with Crippen LogP contribution in [0.4, 0.5) is 0 Å². The summed E-state index contributed by atoms with van der Waals surface area (Å²) in [7, 11) is 0. The Hall–Kier alpha value is -0.0800. The van der Waals surface area contributed by atoms with Crippen molar-refractivity contribution in [3.63, 3.8) is 0 Å². The molecule has 2 aliphatic carbocycles. The summed E-state index contributed by atoms with van der Waals surface area (Å²) in [6, 6.07) is 0.508. The molecule has 17 heavy (non-hydrogen) atoms. The molecule has 2 fully saturated rings. The monoisotopic (exact) mass is 351 g/mol. The Morgan fingerprint density at radius 3 is 2.82 bits per heavy atom. The van der Waals surface area contributed by atoms with E-state index < -0.39 is 11.5 Å². The van der Waals surface area contributed by atoms with Crippen molar-refractivity contribution in [2.75, 3.05) is 6.54 Å². The van der Waals surface area contributed by atoms with Crippen LogP contribution in [0.2, 0.25) is 0 Å².